The highest BCUT2D eigenvalue weighted by Crippen LogP contribution is 1.99. The summed E-state index contributed by atoms with van der Waals surface area (Å²) in [6.45, 7) is 4.89. The van der Waals surface area contributed by atoms with Crippen molar-refractivity contribution in [3.05, 3.63) is 24.2 Å². The van der Waals surface area contributed by atoms with Gasteiger partial charge < -0.3 is 10.2 Å². The second kappa shape index (κ2) is 4.01. The molecule has 52 valence electrons. The van der Waals surface area contributed by atoms with Crippen molar-refractivity contribution in [3.63, 3.8) is 0 Å². The Balaban J connectivity index is 3.31. The second-order valence-corrected chi connectivity index (χ2v) is 1.95. The minimum absolute atomic E-state index is 0.160. The van der Waals surface area contributed by atoms with Crippen LogP contribution in [-0.4, -0.2) is 10.2 Å². The van der Waals surface area contributed by atoms with Crippen molar-refractivity contribution < 1.29 is 10.2 Å². The summed E-state index contributed by atoms with van der Waals surface area (Å²) in [5.74, 6) is 0.448. The Labute approximate surface area is 55.1 Å². The molecule has 2 heteroatoms. The fourth-order valence-corrected chi connectivity index (χ4v) is 0.448. The molecule has 0 aliphatic heterocycles. The third-order valence-corrected chi connectivity index (χ3v) is 0.873. The molecule has 0 atom stereocenters. The van der Waals surface area contributed by atoms with Gasteiger partial charge in [-0.1, -0.05) is 6.58 Å². The molecule has 0 aliphatic carbocycles. The summed E-state index contributed by atoms with van der Waals surface area (Å²) in [4.78, 5) is 0. The Kier molecular flexibility index (Phi) is 3.60. The van der Waals surface area contributed by atoms with E-state index in [1.807, 2.05) is 0 Å². The van der Waals surface area contributed by atoms with Crippen LogP contribution in [-0.2, 0) is 0 Å². The van der Waals surface area contributed by atoms with Gasteiger partial charge in [-0.25, -0.2) is 0 Å². The molecule has 0 saturated heterocycles. The highest BCUT2D eigenvalue weighted by molar-refractivity contribution is 4.90. The maximum Gasteiger partial charge on any atom is 0.0854 e. The van der Waals surface area contributed by atoms with E-state index in [9.17, 15) is 0 Å². The molecule has 0 heterocycles. The van der Waals surface area contributed by atoms with E-state index in [2.05, 4.69) is 6.58 Å². The topological polar surface area (TPSA) is 40.5 Å². The van der Waals surface area contributed by atoms with Crippen LogP contribution in [0.5, 0.6) is 0 Å². The lowest BCUT2D eigenvalue weighted by Crippen LogP contribution is -1.77. The molecule has 2 N–H and O–H groups in total. The first-order chi connectivity index (χ1) is 4.13. The maximum absolute atomic E-state index is 8.62. The van der Waals surface area contributed by atoms with Crippen molar-refractivity contribution >= 4 is 0 Å². The predicted molar refractivity (Wildman–Crippen MR) is 37.4 cm³/mol. The van der Waals surface area contributed by atoms with Crippen molar-refractivity contribution in [2.24, 2.45) is 0 Å². The molecular formula is C7H12O2. The number of hydrogen-bond acceptors (Lipinski definition) is 2. The summed E-state index contributed by atoms with van der Waals surface area (Å²) in [7, 11) is 0. The average Bonchev–Trinajstić information content (AvgIpc) is 1.63. The van der Waals surface area contributed by atoms with Gasteiger partial charge in [0.05, 0.1) is 11.5 Å². The molecule has 0 aromatic heterocycles. The molecule has 0 saturated carbocycles. The first kappa shape index (κ1) is 8.08. The summed E-state index contributed by atoms with van der Waals surface area (Å²) >= 11 is 0. The van der Waals surface area contributed by atoms with Gasteiger partial charge in [0.1, 0.15) is 0 Å². The second-order valence-electron chi connectivity index (χ2n) is 1.95. The fraction of sp³-hybridized carbons (Fsp3) is 0.429. The molecule has 9 heavy (non-hydrogen) atoms. The number of aliphatic hydroxyl groups excluding tert-OH is 2. The van der Waals surface area contributed by atoms with Crippen molar-refractivity contribution in [1.82, 2.24) is 0 Å². The molecule has 2 nitrogen and oxygen atoms in total. The van der Waals surface area contributed by atoms with Crippen molar-refractivity contribution in [3.8, 4) is 0 Å². The minimum atomic E-state index is 0.160. The maximum atomic E-state index is 8.62. The van der Waals surface area contributed by atoms with E-state index in [0.717, 1.165) is 0 Å². The molecule has 0 rings (SSSR count). The van der Waals surface area contributed by atoms with E-state index in [4.69, 9.17) is 10.2 Å². The van der Waals surface area contributed by atoms with E-state index >= 15 is 0 Å². The van der Waals surface area contributed by atoms with Crippen LogP contribution in [0.2, 0.25) is 0 Å². The van der Waals surface area contributed by atoms with Crippen molar-refractivity contribution in [2.45, 2.75) is 19.8 Å². The van der Waals surface area contributed by atoms with Gasteiger partial charge in [0.25, 0.3) is 0 Å². The van der Waals surface area contributed by atoms with E-state index < -0.39 is 0 Å². The lowest BCUT2D eigenvalue weighted by atomic mass is 10.2. The summed E-state index contributed by atoms with van der Waals surface area (Å²) in [6, 6.07) is 0. The molecule has 0 aromatic rings. The largest absolute Gasteiger partial charge is 0.513 e. The van der Waals surface area contributed by atoms with Crippen LogP contribution in [0.15, 0.2) is 24.2 Å². The Morgan fingerprint density at radius 1 is 1.56 bits per heavy atom. The van der Waals surface area contributed by atoms with Crippen LogP contribution in [0, 0.1) is 0 Å². The monoisotopic (exact) mass is 128 g/mol. The summed E-state index contributed by atoms with van der Waals surface area (Å²) < 4.78 is 0. The third kappa shape index (κ3) is 7.08. The molecule has 0 bridgehead atoms. The lowest BCUT2D eigenvalue weighted by molar-refractivity contribution is 0.387. The number of allylic oxidation sites excluding steroid dienone is 3. The van der Waals surface area contributed by atoms with E-state index in [1.165, 1.54) is 0 Å². The zero-order chi connectivity index (χ0) is 7.28. The fourth-order valence-electron chi connectivity index (χ4n) is 0.448. The van der Waals surface area contributed by atoms with Gasteiger partial charge in [-0.05, 0) is 19.4 Å². The van der Waals surface area contributed by atoms with Crippen LogP contribution in [0.1, 0.15) is 19.8 Å². The van der Waals surface area contributed by atoms with Gasteiger partial charge in [-0.15, -0.1) is 0 Å². The standard InChI is InChI=1S/C7H12O2/c1-6(8)4-3-5-7(2)9/h5,8-9H,1,3-4H2,2H3. The van der Waals surface area contributed by atoms with Gasteiger partial charge in [-0.3, -0.25) is 0 Å². The molecule has 0 amide bonds. The van der Waals surface area contributed by atoms with Gasteiger partial charge in [0, 0.05) is 6.42 Å². The first-order valence-electron chi connectivity index (χ1n) is 2.85. The van der Waals surface area contributed by atoms with E-state index in [-0.39, 0.29) is 11.5 Å². The van der Waals surface area contributed by atoms with E-state index in [0.29, 0.717) is 12.8 Å². The molecule has 0 spiro atoms. The van der Waals surface area contributed by atoms with Crippen LogP contribution in [0.3, 0.4) is 0 Å². The van der Waals surface area contributed by atoms with Crippen LogP contribution >= 0.6 is 0 Å². The van der Waals surface area contributed by atoms with Crippen LogP contribution < -0.4 is 0 Å². The van der Waals surface area contributed by atoms with Gasteiger partial charge in [0.2, 0.25) is 0 Å². The summed E-state index contributed by atoms with van der Waals surface area (Å²) in [6.07, 6.45) is 2.82. The third-order valence-electron chi connectivity index (χ3n) is 0.873. The Bertz CT molecular complexity index is 121. The summed E-state index contributed by atoms with van der Waals surface area (Å²) in [5, 5.41) is 17.2. The molecule has 0 unspecified atom stereocenters. The Morgan fingerprint density at radius 2 is 2.11 bits per heavy atom. The molecule has 0 aromatic carbocycles. The first-order valence-corrected chi connectivity index (χ1v) is 2.85. The SMILES string of the molecule is C=C(O)CCC=C(C)O. The predicted octanol–water partition coefficient (Wildman–Crippen LogP) is 2.30. The quantitative estimate of drug-likeness (QED) is 0.572. The van der Waals surface area contributed by atoms with Crippen LogP contribution in [0.25, 0.3) is 0 Å². The van der Waals surface area contributed by atoms with E-state index in [1.54, 1.807) is 13.0 Å². The molecule has 0 aliphatic rings. The zero-order valence-corrected chi connectivity index (χ0v) is 5.59. The average molecular weight is 128 g/mol. The van der Waals surface area contributed by atoms with Crippen molar-refractivity contribution in [1.29, 1.82) is 0 Å². The number of aliphatic hydroxyl groups is 2. The van der Waals surface area contributed by atoms with Gasteiger partial charge in [0.15, 0.2) is 0 Å². The highest BCUT2D eigenvalue weighted by atomic mass is 16.3. The molecular weight excluding hydrogens is 116 g/mol. The molecule has 0 radical (unpaired) electrons. The zero-order valence-electron chi connectivity index (χ0n) is 5.59. The number of hydrogen-bond donors (Lipinski definition) is 2. The Hall–Kier alpha value is -0.920. The van der Waals surface area contributed by atoms with Gasteiger partial charge in [-0.2, -0.15) is 0 Å². The highest BCUT2D eigenvalue weighted by Gasteiger charge is 1.85. The normalized spacial score (nSPS) is 11.4. The lowest BCUT2D eigenvalue weighted by Gasteiger charge is -1.91. The number of rotatable bonds is 3. The van der Waals surface area contributed by atoms with Crippen LogP contribution in [0.4, 0.5) is 0 Å². The Morgan fingerprint density at radius 3 is 2.44 bits per heavy atom. The summed E-state index contributed by atoms with van der Waals surface area (Å²) in [5.41, 5.74) is 0. The smallest absolute Gasteiger partial charge is 0.0854 e. The minimum Gasteiger partial charge on any atom is -0.513 e. The van der Waals surface area contributed by atoms with Crippen molar-refractivity contribution in [2.75, 3.05) is 0 Å². The molecule has 0 fully saturated rings. The van der Waals surface area contributed by atoms with Gasteiger partial charge >= 0.3 is 0 Å².